The molecule has 0 saturated carbocycles. The third-order valence-electron chi connectivity index (χ3n) is 6.12. The zero-order valence-electron chi connectivity index (χ0n) is 18.2. The van der Waals surface area contributed by atoms with Gasteiger partial charge in [-0.05, 0) is 19.3 Å². The molecule has 1 rings (SSSR count). The van der Waals surface area contributed by atoms with Crippen molar-refractivity contribution >= 4 is 5.97 Å². The first kappa shape index (κ1) is 24.5. The first-order valence-corrected chi connectivity index (χ1v) is 12.1. The molecule has 160 valence electrons. The molecule has 0 aromatic rings. The number of ether oxygens (including phenoxy) is 1. The van der Waals surface area contributed by atoms with Crippen molar-refractivity contribution in [1.29, 1.82) is 0 Å². The molecule has 3 nitrogen and oxygen atoms in total. The molecule has 1 N–H and O–H groups in total. The summed E-state index contributed by atoms with van der Waals surface area (Å²) >= 11 is 0. The molecule has 3 atom stereocenters. The average molecular weight is 383 g/mol. The normalized spacial score (nSPS) is 22.8. The summed E-state index contributed by atoms with van der Waals surface area (Å²) in [6.07, 6.45) is 22.1. The molecule has 3 heteroatoms. The Labute approximate surface area is 168 Å². The summed E-state index contributed by atoms with van der Waals surface area (Å²) in [5.74, 6) is -0.496. The van der Waals surface area contributed by atoms with Crippen LogP contribution < -0.4 is 0 Å². The lowest BCUT2D eigenvalue weighted by Gasteiger charge is -2.31. The first-order valence-electron chi connectivity index (χ1n) is 12.1. The fourth-order valence-electron chi connectivity index (χ4n) is 4.25. The second-order valence-corrected chi connectivity index (χ2v) is 8.62. The van der Waals surface area contributed by atoms with E-state index in [1.54, 1.807) is 0 Å². The van der Waals surface area contributed by atoms with Gasteiger partial charge in [-0.15, -0.1) is 0 Å². The van der Waals surface area contributed by atoms with Crippen LogP contribution in [0.25, 0.3) is 0 Å². The van der Waals surface area contributed by atoms with Crippen molar-refractivity contribution in [2.45, 2.75) is 142 Å². The maximum atomic E-state index is 11.8. The molecule has 1 fully saturated rings. The van der Waals surface area contributed by atoms with Crippen molar-refractivity contribution in [3.63, 3.8) is 0 Å². The van der Waals surface area contributed by atoms with Crippen LogP contribution in [-0.4, -0.2) is 23.3 Å². The van der Waals surface area contributed by atoms with Gasteiger partial charge in [-0.3, -0.25) is 4.79 Å². The number of carbonyl (C=O) groups excluding carboxylic acids is 1. The van der Waals surface area contributed by atoms with Crippen molar-refractivity contribution in [2.75, 3.05) is 0 Å². The molecule has 1 heterocycles. The van der Waals surface area contributed by atoms with Gasteiger partial charge in [0.1, 0.15) is 6.10 Å². The predicted molar refractivity (Wildman–Crippen MR) is 114 cm³/mol. The number of hydrogen-bond acceptors (Lipinski definition) is 3. The van der Waals surface area contributed by atoms with E-state index >= 15 is 0 Å². The number of cyclic esters (lactones) is 1. The standard InChI is InChI=1S/C24H46O3/c1-3-5-6-7-8-9-10-11-12-13-14-15-16-17-18-19-21-20-23(25)22(4-2)24(26)27-21/h21-23,25H,3-20H2,1-2H3. The molecule has 1 aliphatic heterocycles. The van der Waals surface area contributed by atoms with Crippen molar-refractivity contribution in [3.05, 3.63) is 0 Å². The molecule has 0 spiro atoms. The van der Waals surface area contributed by atoms with Gasteiger partial charge in [0.05, 0.1) is 12.0 Å². The van der Waals surface area contributed by atoms with Crippen molar-refractivity contribution in [3.8, 4) is 0 Å². The van der Waals surface area contributed by atoms with E-state index in [4.69, 9.17) is 4.74 Å². The zero-order valence-corrected chi connectivity index (χ0v) is 18.2. The zero-order chi connectivity index (χ0) is 19.7. The van der Waals surface area contributed by atoms with Crippen LogP contribution in [0.3, 0.4) is 0 Å². The summed E-state index contributed by atoms with van der Waals surface area (Å²) in [7, 11) is 0. The van der Waals surface area contributed by atoms with E-state index in [1.807, 2.05) is 6.92 Å². The van der Waals surface area contributed by atoms with Gasteiger partial charge >= 0.3 is 5.97 Å². The second-order valence-electron chi connectivity index (χ2n) is 8.62. The Morgan fingerprint density at radius 2 is 1.22 bits per heavy atom. The minimum Gasteiger partial charge on any atom is -0.462 e. The Morgan fingerprint density at radius 3 is 1.63 bits per heavy atom. The van der Waals surface area contributed by atoms with Crippen LogP contribution in [0.15, 0.2) is 0 Å². The van der Waals surface area contributed by atoms with Crippen LogP contribution in [0.2, 0.25) is 0 Å². The van der Waals surface area contributed by atoms with Gasteiger partial charge in [0, 0.05) is 6.42 Å². The first-order chi connectivity index (χ1) is 13.2. The van der Waals surface area contributed by atoms with Gasteiger partial charge in [0.15, 0.2) is 0 Å². The Kier molecular flexibility index (Phi) is 14.9. The Hall–Kier alpha value is -0.570. The molecule has 3 unspecified atom stereocenters. The van der Waals surface area contributed by atoms with Crippen LogP contribution in [0.4, 0.5) is 0 Å². The number of esters is 1. The summed E-state index contributed by atoms with van der Waals surface area (Å²) in [5.41, 5.74) is 0. The molecule has 0 aromatic carbocycles. The van der Waals surface area contributed by atoms with Gasteiger partial charge < -0.3 is 9.84 Å². The van der Waals surface area contributed by atoms with E-state index in [-0.39, 0.29) is 18.0 Å². The van der Waals surface area contributed by atoms with E-state index < -0.39 is 6.10 Å². The number of unbranched alkanes of at least 4 members (excludes halogenated alkanes) is 14. The second kappa shape index (κ2) is 16.4. The number of aliphatic hydroxyl groups excluding tert-OH is 1. The number of rotatable bonds is 17. The molecule has 0 aromatic heterocycles. The maximum absolute atomic E-state index is 11.8. The average Bonchev–Trinajstić information content (AvgIpc) is 2.64. The summed E-state index contributed by atoms with van der Waals surface area (Å²) in [5, 5.41) is 10.0. The van der Waals surface area contributed by atoms with Crippen molar-refractivity contribution < 1.29 is 14.6 Å². The summed E-state index contributed by atoms with van der Waals surface area (Å²) in [4.78, 5) is 11.8. The SMILES string of the molecule is CCCCCCCCCCCCCCCCCC1CC(O)C(CC)C(=O)O1. The Balaban J connectivity index is 1.82. The number of hydrogen-bond donors (Lipinski definition) is 1. The molecule has 0 bridgehead atoms. The van der Waals surface area contributed by atoms with E-state index in [0.717, 1.165) is 12.8 Å². The lowest BCUT2D eigenvalue weighted by Crippen LogP contribution is -2.40. The molecule has 0 aliphatic carbocycles. The fourth-order valence-corrected chi connectivity index (χ4v) is 4.25. The minimum absolute atomic E-state index is 0.0581. The van der Waals surface area contributed by atoms with Crippen molar-refractivity contribution in [1.82, 2.24) is 0 Å². The lowest BCUT2D eigenvalue weighted by atomic mass is 9.90. The van der Waals surface area contributed by atoms with E-state index in [2.05, 4.69) is 6.92 Å². The van der Waals surface area contributed by atoms with E-state index in [1.165, 1.54) is 89.9 Å². The van der Waals surface area contributed by atoms with Crippen LogP contribution in [0, 0.1) is 5.92 Å². The molecular weight excluding hydrogens is 336 g/mol. The third kappa shape index (κ3) is 11.8. The molecule has 0 amide bonds. The molecule has 1 saturated heterocycles. The van der Waals surface area contributed by atoms with Gasteiger partial charge in [-0.2, -0.15) is 0 Å². The molecule has 27 heavy (non-hydrogen) atoms. The van der Waals surface area contributed by atoms with Gasteiger partial charge in [-0.25, -0.2) is 0 Å². The summed E-state index contributed by atoms with van der Waals surface area (Å²) in [6, 6.07) is 0. The van der Waals surface area contributed by atoms with Crippen LogP contribution in [0.1, 0.15) is 129 Å². The summed E-state index contributed by atoms with van der Waals surface area (Å²) in [6.45, 7) is 4.21. The molecule has 0 radical (unpaired) electrons. The van der Waals surface area contributed by atoms with Gasteiger partial charge in [0.25, 0.3) is 0 Å². The smallest absolute Gasteiger partial charge is 0.311 e. The Bertz CT molecular complexity index is 356. The van der Waals surface area contributed by atoms with E-state index in [9.17, 15) is 9.90 Å². The summed E-state index contributed by atoms with van der Waals surface area (Å²) < 4.78 is 5.48. The highest BCUT2D eigenvalue weighted by Crippen LogP contribution is 2.26. The highest BCUT2D eigenvalue weighted by molar-refractivity contribution is 5.74. The quantitative estimate of drug-likeness (QED) is 0.219. The van der Waals surface area contributed by atoms with E-state index in [0.29, 0.717) is 12.8 Å². The maximum Gasteiger partial charge on any atom is 0.311 e. The molecule has 1 aliphatic rings. The van der Waals surface area contributed by atoms with Gasteiger partial charge in [0.2, 0.25) is 0 Å². The third-order valence-corrected chi connectivity index (χ3v) is 6.12. The highest BCUT2D eigenvalue weighted by atomic mass is 16.5. The Morgan fingerprint density at radius 1 is 0.778 bits per heavy atom. The lowest BCUT2D eigenvalue weighted by molar-refractivity contribution is -0.170. The highest BCUT2D eigenvalue weighted by Gasteiger charge is 2.35. The number of aliphatic hydroxyl groups is 1. The fraction of sp³-hybridized carbons (Fsp3) is 0.958. The van der Waals surface area contributed by atoms with Gasteiger partial charge in [-0.1, -0.05) is 104 Å². The predicted octanol–water partition coefficient (Wildman–Crippen LogP) is 6.95. The van der Waals surface area contributed by atoms with Crippen LogP contribution >= 0.6 is 0 Å². The monoisotopic (exact) mass is 382 g/mol. The van der Waals surface area contributed by atoms with Crippen LogP contribution in [-0.2, 0) is 9.53 Å². The van der Waals surface area contributed by atoms with Crippen molar-refractivity contribution in [2.24, 2.45) is 5.92 Å². The topological polar surface area (TPSA) is 46.5 Å². The largest absolute Gasteiger partial charge is 0.462 e. The van der Waals surface area contributed by atoms with Crippen LogP contribution in [0.5, 0.6) is 0 Å². The number of carbonyl (C=O) groups is 1. The minimum atomic E-state index is -0.502. The molecular formula is C24H46O3.